The van der Waals surface area contributed by atoms with Crippen LogP contribution in [0.15, 0.2) is 22.6 Å². The molecule has 0 aliphatic rings. The first-order valence-electron chi connectivity index (χ1n) is 8.07. The third kappa shape index (κ3) is 4.50. The SMILES string of the molecule is CCCCOc1ccc(C(=O)NCc2nc(C)c(C)o2)cc1OC. The second-order valence-corrected chi connectivity index (χ2v) is 5.50. The molecule has 1 aromatic heterocycles. The molecule has 0 unspecified atom stereocenters. The van der Waals surface area contributed by atoms with Gasteiger partial charge in [0, 0.05) is 5.56 Å². The van der Waals surface area contributed by atoms with Gasteiger partial charge in [-0.15, -0.1) is 0 Å². The van der Waals surface area contributed by atoms with Crippen molar-refractivity contribution in [3.05, 3.63) is 41.1 Å². The van der Waals surface area contributed by atoms with Crippen LogP contribution in [-0.2, 0) is 6.54 Å². The average Bonchev–Trinajstić information content (AvgIpc) is 2.91. The maximum Gasteiger partial charge on any atom is 0.251 e. The van der Waals surface area contributed by atoms with Gasteiger partial charge in [0.1, 0.15) is 5.76 Å². The minimum atomic E-state index is -0.220. The van der Waals surface area contributed by atoms with Crippen LogP contribution in [-0.4, -0.2) is 24.6 Å². The number of benzene rings is 1. The third-order valence-corrected chi connectivity index (χ3v) is 3.65. The van der Waals surface area contributed by atoms with Crippen LogP contribution < -0.4 is 14.8 Å². The zero-order valence-electron chi connectivity index (χ0n) is 14.6. The summed E-state index contributed by atoms with van der Waals surface area (Å²) in [5, 5.41) is 2.79. The van der Waals surface area contributed by atoms with Gasteiger partial charge in [0.2, 0.25) is 5.89 Å². The molecule has 0 bridgehead atoms. The molecule has 6 nitrogen and oxygen atoms in total. The van der Waals surface area contributed by atoms with E-state index < -0.39 is 0 Å². The third-order valence-electron chi connectivity index (χ3n) is 3.65. The molecule has 0 radical (unpaired) electrons. The predicted molar refractivity (Wildman–Crippen MR) is 90.5 cm³/mol. The van der Waals surface area contributed by atoms with E-state index in [2.05, 4.69) is 17.2 Å². The van der Waals surface area contributed by atoms with Crippen molar-refractivity contribution >= 4 is 5.91 Å². The number of carbonyl (C=O) groups is 1. The van der Waals surface area contributed by atoms with Crippen molar-refractivity contribution in [1.29, 1.82) is 0 Å². The number of unbranched alkanes of at least 4 members (excludes halogenated alkanes) is 1. The van der Waals surface area contributed by atoms with Crippen LogP contribution in [0.3, 0.4) is 0 Å². The molecule has 2 aromatic rings. The van der Waals surface area contributed by atoms with Crippen LogP contribution in [0.4, 0.5) is 0 Å². The number of aromatic nitrogens is 1. The number of rotatable bonds is 8. The summed E-state index contributed by atoms with van der Waals surface area (Å²) in [5.41, 5.74) is 1.32. The Labute approximate surface area is 142 Å². The second-order valence-electron chi connectivity index (χ2n) is 5.50. The van der Waals surface area contributed by atoms with Crippen molar-refractivity contribution in [2.45, 2.75) is 40.2 Å². The number of oxazole rings is 1. The van der Waals surface area contributed by atoms with E-state index >= 15 is 0 Å². The van der Waals surface area contributed by atoms with Crippen LogP contribution in [0.1, 0.15) is 47.5 Å². The fraction of sp³-hybridized carbons (Fsp3) is 0.444. The molecule has 24 heavy (non-hydrogen) atoms. The fourth-order valence-corrected chi connectivity index (χ4v) is 2.13. The van der Waals surface area contributed by atoms with Crippen LogP contribution in [0.2, 0.25) is 0 Å². The van der Waals surface area contributed by atoms with E-state index in [0.29, 0.717) is 29.6 Å². The van der Waals surface area contributed by atoms with Crippen molar-refractivity contribution < 1.29 is 18.7 Å². The molecule has 0 saturated carbocycles. The highest BCUT2D eigenvalue weighted by atomic mass is 16.5. The summed E-state index contributed by atoms with van der Waals surface area (Å²) in [7, 11) is 1.56. The Morgan fingerprint density at radius 3 is 2.71 bits per heavy atom. The van der Waals surface area contributed by atoms with Gasteiger partial charge in [0.05, 0.1) is 26.0 Å². The number of amides is 1. The topological polar surface area (TPSA) is 73.6 Å². The lowest BCUT2D eigenvalue weighted by Crippen LogP contribution is -2.23. The molecule has 0 atom stereocenters. The highest BCUT2D eigenvalue weighted by molar-refractivity contribution is 5.94. The molecule has 0 aliphatic heterocycles. The Bertz CT molecular complexity index is 675. The number of methoxy groups -OCH3 is 1. The summed E-state index contributed by atoms with van der Waals surface area (Å²) < 4.78 is 16.4. The maximum atomic E-state index is 12.3. The molecule has 1 heterocycles. The fourth-order valence-electron chi connectivity index (χ4n) is 2.13. The summed E-state index contributed by atoms with van der Waals surface area (Å²) in [6.07, 6.45) is 2.03. The zero-order valence-corrected chi connectivity index (χ0v) is 14.6. The number of ether oxygens (including phenoxy) is 2. The first kappa shape index (κ1) is 17.8. The van der Waals surface area contributed by atoms with Gasteiger partial charge < -0.3 is 19.2 Å². The van der Waals surface area contributed by atoms with Crippen LogP contribution in [0, 0.1) is 13.8 Å². The number of hydrogen-bond acceptors (Lipinski definition) is 5. The Hall–Kier alpha value is -2.50. The molecular weight excluding hydrogens is 308 g/mol. The van der Waals surface area contributed by atoms with E-state index in [1.807, 2.05) is 13.8 Å². The summed E-state index contributed by atoms with van der Waals surface area (Å²) in [6, 6.07) is 5.14. The number of nitrogens with one attached hydrogen (secondary N) is 1. The highest BCUT2D eigenvalue weighted by Gasteiger charge is 2.13. The van der Waals surface area contributed by atoms with E-state index in [9.17, 15) is 4.79 Å². The molecule has 0 aliphatic carbocycles. The van der Waals surface area contributed by atoms with Crippen molar-refractivity contribution in [2.75, 3.05) is 13.7 Å². The highest BCUT2D eigenvalue weighted by Crippen LogP contribution is 2.28. The summed E-state index contributed by atoms with van der Waals surface area (Å²) in [5.74, 6) is 2.21. The van der Waals surface area contributed by atoms with Crippen LogP contribution in [0.25, 0.3) is 0 Å². The molecule has 2 rings (SSSR count). The van der Waals surface area contributed by atoms with E-state index in [1.165, 1.54) is 0 Å². The van der Waals surface area contributed by atoms with Gasteiger partial charge in [-0.3, -0.25) is 4.79 Å². The van der Waals surface area contributed by atoms with Gasteiger partial charge in [-0.25, -0.2) is 4.98 Å². The maximum absolute atomic E-state index is 12.3. The molecule has 0 fully saturated rings. The largest absolute Gasteiger partial charge is 0.493 e. The lowest BCUT2D eigenvalue weighted by atomic mass is 10.2. The van der Waals surface area contributed by atoms with Gasteiger partial charge in [0.15, 0.2) is 11.5 Å². The van der Waals surface area contributed by atoms with Gasteiger partial charge in [-0.05, 0) is 38.5 Å². The normalized spacial score (nSPS) is 10.5. The van der Waals surface area contributed by atoms with Crippen LogP contribution in [0.5, 0.6) is 11.5 Å². The van der Waals surface area contributed by atoms with E-state index in [4.69, 9.17) is 13.9 Å². The van der Waals surface area contributed by atoms with Crippen LogP contribution >= 0.6 is 0 Å². The Kier molecular flexibility index (Phi) is 6.23. The quantitative estimate of drug-likeness (QED) is 0.750. The minimum absolute atomic E-state index is 0.220. The average molecular weight is 332 g/mol. The lowest BCUT2D eigenvalue weighted by molar-refractivity contribution is 0.0946. The molecule has 0 saturated heterocycles. The van der Waals surface area contributed by atoms with Gasteiger partial charge >= 0.3 is 0 Å². The minimum Gasteiger partial charge on any atom is -0.493 e. The summed E-state index contributed by atoms with van der Waals surface area (Å²) in [6.45, 7) is 6.68. The van der Waals surface area contributed by atoms with Gasteiger partial charge in [-0.2, -0.15) is 0 Å². The van der Waals surface area contributed by atoms with Gasteiger partial charge in [0.25, 0.3) is 5.91 Å². The lowest BCUT2D eigenvalue weighted by Gasteiger charge is -2.12. The van der Waals surface area contributed by atoms with Crippen molar-refractivity contribution in [3.8, 4) is 11.5 Å². The monoisotopic (exact) mass is 332 g/mol. The molecular formula is C18H24N2O4. The molecule has 1 amide bonds. The first-order chi connectivity index (χ1) is 11.5. The van der Waals surface area contributed by atoms with E-state index in [1.54, 1.807) is 25.3 Å². The van der Waals surface area contributed by atoms with E-state index in [0.717, 1.165) is 24.3 Å². The number of hydrogen-bond donors (Lipinski definition) is 1. The van der Waals surface area contributed by atoms with E-state index in [-0.39, 0.29) is 12.5 Å². The number of nitrogens with zero attached hydrogens (tertiary/aromatic N) is 1. The zero-order chi connectivity index (χ0) is 17.5. The molecule has 1 aromatic carbocycles. The molecule has 6 heteroatoms. The standard InChI is InChI=1S/C18H24N2O4/c1-5-6-9-23-15-8-7-14(10-16(15)22-4)18(21)19-11-17-20-12(2)13(3)24-17/h7-8,10H,5-6,9,11H2,1-4H3,(H,19,21). The molecule has 0 spiro atoms. The van der Waals surface area contributed by atoms with Gasteiger partial charge in [-0.1, -0.05) is 13.3 Å². The van der Waals surface area contributed by atoms with Crippen molar-refractivity contribution in [2.24, 2.45) is 0 Å². The summed E-state index contributed by atoms with van der Waals surface area (Å²) >= 11 is 0. The Morgan fingerprint density at radius 1 is 1.29 bits per heavy atom. The summed E-state index contributed by atoms with van der Waals surface area (Å²) in [4.78, 5) is 16.5. The first-order valence-corrected chi connectivity index (χ1v) is 8.07. The molecule has 130 valence electrons. The Morgan fingerprint density at radius 2 is 2.08 bits per heavy atom. The second kappa shape index (κ2) is 8.38. The smallest absolute Gasteiger partial charge is 0.251 e. The molecule has 1 N–H and O–H groups in total. The number of carbonyl (C=O) groups excluding carboxylic acids is 1. The van der Waals surface area contributed by atoms with Crippen molar-refractivity contribution in [3.63, 3.8) is 0 Å². The number of aryl methyl sites for hydroxylation is 2. The van der Waals surface area contributed by atoms with Crippen molar-refractivity contribution in [1.82, 2.24) is 10.3 Å². The predicted octanol–water partition coefficient (Wildman–Crippen LogP) is 3.41. The Balaban J connectivity index is 2.00.